The molecule has 16 heavy (non-hydrogen) atoms. The zero-order chi connectivity index (χ0) is 11.4. The smallest absolute Gasteiger partial charge is 0.132 e. The molecule has 2 aliphatic carbocycles. The molecule has 0 aliphatic heterocycles. The molecule has 1 nitrogen and oxygen atoms in total. The van der Waals surface area contributed by atoms with Crippen molar-refractivity contribution in [3.8, 4) is 0 Å². The monoisotopic (exact) mass is 222 g/mol. The molecular formula is C15H26O. The Balaban J connectivity index is 1.74. The zero-order valence-electron chi connectivity index (χ0n) is 10.7. The maximum atomic E-state index is 11.2. The molecule has 92 valence electrons. The van der Waals surface area contributed by atoms with Crippen molar-refractivity contribution in [2.45, 2.75) is 71.1 Å². The van der Waals surface area contributed by atoms with Gasteiger partial charge in [-0.05, 0) is 43.4 Å². The molecule has 0 radical (unpaired) electrons. The molecule has 0 heterocycles. The van der Waals surface area contributed by atoms with Crippen LogP contribution in [0.25, 0.3) is 0 Å². The number of rotatable bonds is 3. The maximum Gasteiger partial charge on any atom is 0.132 e. The van der Waals surface area contributed by atoms with Crippen LogP contribution in [-0.2, 0) is 4.79 Å². The first kappa shape index (κ1) is 12.1. The van der Waals surface area contributed by atoms with E-state index >= 15 is 0 Å². The highest BCUT2D eigenvalue weighted by atomic mass is 16.1. The van der Waals surface area contributed by atoms with Gasteiger partial charge in [0, 0.05) is 12.8 Å². The summed E-state index contributed by atoms with van der Waals surface area (Å²) in [6.45, 7) is 2.30. The van der Waals surface area contributed by atoms with E-state index in [1.807, 2.05) is 0 Å². The second-order valence-corrected chi connectivity index (χ2v) is 5.95. The summed E-state index contributed by atoms with van der Waals surface area (Å²) < 4.78 is 0. The number of carbonyl (C=O) groups excluding carboxylic acids is 1. The van der Waals surface area contributed by atoms with Crippen LogP contribution in [-0.4, -0.2) is 5.78 Å². The zero-order valence-corrected chi connectivity index (χ0v) is 10.7. The Morgan fingerprint density at radius 2 is 1.50 bits per heavy atom. The summed E-state index contributed by atoms with van der Waals surface area (Å²) in [6.07, 6.45) is 12.8. The first-order valence-corrected chi connectivity index (χ1v) is 7.31. The van der Waals surface area contributed by atoms with Crippen molar-refractivity contribution in [3.63, 3.8) is 0 Å². The van der Waals surface area contributed by atoms with Crippen molar-refractivity contribution in [1.29, 1.82) is 0 Å². The van der Waals surface area contributed by atoms with Gasteiger partial charge in [-0.1, -0.05) is 32.6 Å². The third-order valence-electron chi connectivity index (χ3n) is 4.84. The van der Waals surface area contributed by atoms with Crippen LogP contribution in [0, 0.1) is 17.8 Å². The van der Waals surface area contributed by atoms with Gasteiger partial charge in [0.25, 0.3) is 0 Å². The van der Waals surface area contributed by atoms with E-state index in [1.54, 1.807) is 0 Å². The highest BCUT2D eigenvalue weighted by Gasteiger charge is 2.29. The van der Waals surface area contributed by atoms with Gasteiger partial charge in [-0.25, -0.2) is 0 Å². The molecule has 0 aromatic rings. The van der Waals surface area contributed by atoms with E-state index in [1.165, 1.54) is 51.4 Å². The maximum absolute atomic E-state index is 11.2. The van der Waals surface area contributed by atoms with Gasteiger partial charge in [0.2, 0.25) is 0 Å². The molecule has 0 saturated heterocycles. The summed E-state index contributed by atoms with van der Waals surface area (Å²) in [6, 6.07) is 0. The average Bonchev–Trinajstić information content (AvgIpc) is 2.32. The van der Waals surface area contributed by atoms with Crippen LogP contribution in [0.1, 0.15) is 71.1 Å². The van der Waals surface area contributed by atoms with Crippen molar-refractivity contribution in [2.24, 2.45) is 17.8 Å². The summed E-state index contributed by atoms with van der Waals surface area (Å²) in [4.78, 5) is 11.2. The molecule has 2 saturated carbocycles. The number of carbonyl (C=O) groups is 1. The largest absolute Gasteiger partial charge is 0.300 e. The molecule has 0 unspecified atom stereocenters. The van der Waals surface area contributed by atoms with E-state index in [0.717, 1.165) is 30.6 Å². The number of hydrogen-bond acceptors (Lipinski definition) is 1. The van der Waals surface area contributed by atoms with Gasteiger partial charge >= 0.3 is 0 Å². The standard InChI is InChI=1S/C15H26O/c1-2-3-12-4-6-13(7-5-12)14-8-10-15(16)11-9-14/h12-14H,2-11H2,1H3/t12-,13-. The second-order valence-electron chi connectivity index (χ2n) is 5.95. The van der Waals surface area contributed by atoms with E-state index in [-0.39, 0.29) is 0 Å². The molecular weight excluding hydrogens is 196 g/mol. The summed E-state index contributed by atoms with van der Waals surface area (Å²) in [5.74, 6) is 3.38. The van der Waals surface area contributed by atoms with Crippen LogP contribution in [0.15, 0.2) is 0 Å². The van der Waals surface area contributed by atoms with E-state index in [4.69, 9.17) is 0 Å². The summed E-state index contributed by atoms with van der Waals surface area (Å²) >= 11 is 0. The van der Waals surface area contributed by atoms with Crippen LogP contribution in [0.4, 0.5) is 0 Å². The molecule has 0 amide bonds. The van der Waals surface area contributed by atoms with Crippen molar-refractivity contribution in [3.05, 3.63) is 0 Å². The van der Waals surface area contributed by atoms with E-state index in [2.05, 4.69) is 6.92 Å². The summed E-state index contributed by atoms with van der Waals surface area (Å²) in [5, 5.41) is 0. The van der Waals surface area contributed by atoms with Gasteiger partial charge in [0.1, 0.15) is 5.78 Å². The number of Topliss-reactive ketones (excluding diaryl/α,β-unsaturated/α-hetero) is 1. The van der Waals surface area contributed by atoms with Crippen LogP contribution in [0.2, 0.25) is 0 Å². The van der Waals surface area contributed by atoms with Gasteiger partial charge in [-0.3, -0.25) is 4.79 Å². The van der Waals surface area contributed by atoms with Gasteiger partial charge < -0.3 is 0 Å². The molecule has 1 heteroatoms. The highest BCUT2D eigenvalue weighted by molar-refractivity contribution is 5.79. The lowest BCUT2D eigenvalue weighted by Gasteiger charge is -2.35. The topological polar surface area (TPSA) is 17.1 Å². The summed E-state index contributed by atoms with van der Waals surface area (Å²) in [7, 11) is 0. The van der Waals surface area contributed by atoms with Gasteiger partial charge in [0.15, 0.2) is 0 Å². The Kier molecular flexibility index (Phi) is 4.43. The first-order valence-electron chi connectivity index (χ1n) is 7.31. The van der Waals surface area contributed by atoms with Crippen molar-refractivity contribution in [1.82, 2.24) is 0 Å². The molecule has 2 fully saturated rings. The molecule has 2 aliphatic rings. The number of ketones is 1. The van der Waals surface area contributed by atoms with Gasteiger partial charge in [0.05, 0.1) is 0 Å². The minimum atomic E-state index is 0.510. The molecule has 0 N–H and O–H groups in total. The Morgan fingerprint density at radius 3 is 2.06 bits per heavy atom. The van der Waals surface area contributed by atoms with Crippen LogP contribution < -0.4 is 0 Å². The molecule has 0 atom stereocenters. The van der Waals surface area contributed by atoms with Crippen LogP contribution in [0.5, 0.6) is 0 Å². The molecule has 0 spiro atoms. The van der Waals surface area contributed by atoms with Gasteiger partial charge in [-0.2, -0.15) is 0 Å². The van der Waals surface area contributed by atoms with Crippen molar-refractivity contribution >= 4 is 5.78 Å². The lowest BCUT2D eigenvalue weighted by atomic mass is 9.70. The normalized spacial score (nSPS) is 32.9. The predicted octanol–water partition coefficient (Wildman–Crippen LogP) is 4.35. The Morgan fingerprint density at radius 1 is 0.938 bits per heavy atom. The first-order chi connectivity index (χ1) is 7.79. The van der Waals surface area contributed by atoms with Crippen molar-refractivity contribution < 1.29 is 4.79 Å². The number of hydrogen-bond donors (Lipinski definition) is 0. The SMILES string of the molecule is CCC[C@H]1CC[C@H](C2CCC(=O)CC2)CC1. The second kappa shape index (κ2) is 5.84. The Bertz CT molecular complexity index is 216. The highest BCUT2D eigenvalue weighted by Crippen LogP contribution is 2.40. The fourth-order valence-electron chi connectivity index (χ4n) is 3.79. The predicted molar refractivity (Wildman–Crippen MR) is 67.3 cm³/mol. The third-order valence-corrected chi connectivity index (χ3v) is 4.84. The fourth-order valence-corrected chi connectivity index (χ4v) is 3.79. The molecule has 2 rings (SSSR count). The van der Waals surface area contributed by atoms with Crippen LogP contribution in [0.3, 0.4) is 0 Å². The van der Waals surface area contributed by atoms with E-state index in [9.17, 15) is 4.79 Å². The molecule has 0 bridgehead atoms. The quantitative estimate of drug-likeness (QED) is 0.693. The lowest BCUT2D eigenvalue weighted by Crippen LogP contribution is -2.25. The minimum absolute atomic E-state index is 0.510. The molecule has 0 aromatic heterocycles. The minimum Gasteiger partial charge on any atom is -0.300 e. The Hall–Kier alpha value is -0.330. The van der Waals surface area contributed by atoms with E-state index in [0.29, 0.717) is 5.78 Å². The lowest BCUT2D eigenvalue weighted by molar-refractivity contribution is -0.121. The summed E-state index contributed by atoms with van der Waals surface area (Å²) in [5.41, 5.74) is 0. The van der Waals surface area contributed by atoms with Crippen molar-refractivity contribution in [2.75, 3.05) is 0 Å². The Labute approximate surface area is 100.0 Å². The molecule has 0 aromatic carbocycles. The third kappa shape index (κ3) is 3.09. The van der Waals surface area contributed by atoms with E-state index < -0.39 is 0 Å². The van der Waals surface area contributed by atoms with Gasteiger partial charge in [-0.15, -0.1) is 0 Å². The average molecular weight is 222 g/mol. The van der Waals surface area contributed by atoms with Crippen LogP contribution >= 0.6 is 0 Å². The fraction of sp³-hybridized carbons (Fsp3) is 0.933.